The van der Waals surface area contributed by atoms with Crippen molar-refractivity contribution in [2.45, 2.75) is 0 Å². The average molecular weight is 399 g/mol. The van der Waals surface area contributed by atoms with Gasteiger partial charge in [-0.15, -0.1) is 0 Å². The molecule has 0 saturated carbocycles. The number of carbonyl (C=O) groups is 2. The van der Waals surface area contributed by atoms with Crippen LogP contribution >= 0.6 is 23.2 Å². The van der Waals surface area contributed by atoms with Crippen LogP contribution in [0.25, 0.3) is 17.4 Å². The lowest BCUT2D eigenvalue weighted by Gasteiger charge is -2.13. The summed E-state index contributed by atoms with van der Waals surface area (Å²) in [5.74, 6) is -0.109. The van der Waals surface area contributed by atoms with Gasteiger partial charge in [-0.2, -0.15) is 0 Å². The van der Waals surface area contributed by atoms with Crippen LogP contribution in [0, 0.1) is 0 Å². The molecule has 134 valence electrons. The Bertz CT molecular complexity index is 1070. The maximum absolute atomic E-state index is 12.6. The van der Waals surface area contributed by atoms with Crippen molar-refractivity contribution in [3.63, 3.8) is 0 Å². The van der Waals surface area contributed by atoms with Crippen molar-refractivity contribution in [2.75, 3.05) is 5.01 Å². The van der Waals surface area contributed by atoms with Gasteiger partial charge in [0.15, 0.2) is 0 Å². The highest BCUT2D eigenvalue weighted by molar-refractivity contribution is 6.35. The standard InChI is InChI=1S/C20H12Cl2N2O3/c21-12-6-8-17(22)15(10-12)18-9-7-14(27-18)11-16-19(25)23-24(20(16)26)13-4-2-1-3-5-13/h1-11H,(H,23,25). The molecule has 1 aliphatic rings. The second kappa shape index (κ2) is 6.95. The Labute approximate surface area is 164 Å². The number of anilines is 1. The molecule has 1 fully saturated rings. The first-order valence-electron chi connectivity index (χ1n) is 8.00. The third kappa shape index (κ3) is 3.35. The molecule has 0 spiro atoms. The van der Waals surface area contributed by atoms with Crippen LogP contribution in [-0.4, -0.2) is 11.8 Å². The summed E-state index contributed by atoms with van der Waals surface area (Å²) in [4.78, 5) is 24.8. The molecule has 0 unspecified atom stereocenters. The molecular formula is C20H12Cl2N2O3. The molecular weight excluding hydrogens is 387 g/mol. The van der Waals surface area contributed by atoms with Crippen LogP contribution in [0.5, 0.6) is 0 Å². The van der Waals surface area contributed by atoms with Crippen LogP contribution < -0.4 is 10.4 Å². The van der Waals surface area contributed by atoms with E-state index in [1.807, 2.05) is 6.07 Å². The third-order valence-electron chi connectivity index (χ3n) is 4.01. The third-order valence-corrected chi connectivity index (χ3v) is 4.58. The lowest BCUT2D eigenvalue weighted by Crippen LogP contribution is -2.35. The zero-order chi connectivity index (χ0) is 19.0. The van der Waals surface area contributed by atoms with Crippen LogP contribution in [-0.2, 0) is 9.59 Å². The van der Waals surface area contributed by atoms with E-state index in [-0.39, 0.29) is 5.57 Å². The minimum absolute atomic E-state index is 0.0167. The number of benzene rings is 2. The first-order valence-corrected chi connectivity index (χ1v) is 8.76. The molecule has 3 aromatic rings. The van der Waals surface area contributed by atoms with Gasteiger partial charge in [-0.3, -0.25) is 15.0 Å². The summed E-state index contributed by atoms with van der Waals surface area (Å²) < 4.78 is 5.73. The zero-order valence-electron chi connectivity index (χ0n) is 13.8. The van der Waals surface area contributed by atoms with Gasteiger partial charge in [0.05, 0.1) is 10.7 Å². The predicted octanol–water partition coefficient (Wildman–Crippen LogP) is 4.71. The quantitative estimate of drug-likeness (QED) is 0.512. The van der Waals surface area contributed by atoms with E-state index < -0.39 is 11.8 Å². The molecule has 27 heavy (non-hydrogen) atoms. The number of para-hydroxylation sites is 1. The Morgan fingerprint density at radius 3 is 2.52 bits per heavy atom. The van der Waals surface area contributed by atoms with Gasteiger partial charge in [-0.25, -0.2) is 5.01 Å². The monoisotopic (exact) mass is 398 g/mol. The van der Waals surface area contributed by atoms with Crippen molar-refractivity contribution < 1.29 is 14.0 Å². The lowest BCUT2D eigenvalue weighted by atomic mass is 10.2. The largest absolute Gasteiger partial charge is 0.457 e. The summed E-state index contributed by atoms with van der Waals surface area (Å²) in [5.41, 5.74) is 3.73. The van der Waals surface area contributed by atoms with Crippen molar-refractivity contribution in [3.8, 4) is 11.3 Å². The molecule has 7 heteroatoms. The fraction of sp³-hybridized carbons (Fsp3) is 0. The number of carbonyl (C=O) groups excluding carboxylic acids is 2. The average Bonchev–Trinajstić information content (AvgIpc) is 3.24. The molecule has 5 nitrogen and oxygen atoms in total. The van der Waals surface area contributed by atoms with E-state index in [2.05, 4.69) is 5.43 Å². The van der Waals surface area contributed by atoms with Gasteiger partial charge in [0.1, 0.15) is 17.1 Å². The van der Waals surface area contributed by atoms with Crippen molar-refractivity contribution in [1.82, 2.24) is 5.43 Å². The number of hydrazine groups is 1. The van der Waals surface area contributed by atoms with Crippen molar-refractivity contribution in [3.05, 3.63) is 82.0 Å². The Morgan fingerprint density at radius 1 is 0.963 bits per heavy atom. The fourth-order valence-corrected chi connectivity index (χ4v) is 3.10. The molecule has 1 saturated heterocycles. The minimum Gasteiger partial charge on any atom is -0.457 e. The topological polar surface area (TPSA) is 62.6 Å². The van der Waals surface area contributed by atoms with Crippen molar-refractivity contribution >= 4 is 46.8 Å². The van der Waals surface area contributed by atoms with Gasteiger partial charge in [0.2, 0.25) is 0 Å². The summed E-state index contributed by atoms with van der Waals surface area (Å²) in [6.07, 6.45) is 1.41. The molecule has 2 heterocycles. The molecule has 1 aliphatic heterocycles. The molecule has 0 aliphatic carbocycles. The number of hydrogen-bond donors (Lipinski definition) is 1. The van der Waals surface area contributed by atoms with E-state index >= 15 is 0 Å². The SMILES string of the molecule is O=C1NN(c2ccccc2)C(=O)C1=Cc1ccc(-c2cc(Cl)ccc2Cl)o1. The van der Waals surface area contributed by atoms with E-state index in [1.54, 1.807) is 54.6 Å². The predicted molar refractivity (Wildman–Crippen MR) is 104 cm³/mol. The second-order valence-electron chi connectivity index (χ2n) is 5.80. The van der Waals surface area contributed by atoms with Crippen LogP contribution in [0.1, 0.15) is 5.76 Å². The summed E-state index contributed by atoms with van der Waals surface area (Å²) in [7, 11) is 0. The summed E-state index contributed by atoms with van der Waals surface area (Å²) in [6, 6.07) is 17.2. The Morgan fingerprint density at radius 2 is 1.74 bits per heavy atom. The van der Waals surface area contributed by atoms with Gasteiger partial charge in [0, 0.05) is 10.6 Å². The van der Waals surface area contributed by atoms with E-state index in [0.717, 1.165) is 0 Å². The molecule has 0 bridgehead atoms. The smallest absolute Gasteiger partial charge is 0.282 e. The number of nitrogens with zero attached hydrogens (tertiary/aromatic N) is 1. The van der Waals surface area contributed by atoms with Crippen LogP contribution in [0.4, 0.5) is 5.69 Å². The fourth-order valence-electron chi connectivity index (χ4n) is 2.72. The number of amides is 2. The molecule has 4 rings (SSSR count). The maximum Gasteiger partial charge on any atom is 0.282 e. The lowest BCUT2D eigenvalue weighted by molar-refractivity contribution is -0.117. The molecule has 2 aromatic carbocycles. The number of halogens is 2. The second-order valence-corrected chi connectivity index (χ2v) is 6.64. The number of furan rings is 1. The molecule has 1 aromatic heterocycles. The van der Waals surface area contributed by atoms with E-state index in [1.165, 1.54) is 11.1 Å². The van der Waals surface area contributed by atoms with Gasteiger partial charge in [-0.1, -0.05) is 41.4 Å². The first-order chi connectivity index (χ1) is 13.0. The van der Waals surface area contributed by atoms with E-state index in [0.29, 0.717) is 32.8 Å². The van der Waals surface area contributed by atoms with Crippen molar-refractivity contribution in [2.24, 2.45) is 0 Å². The van der Waals surface area contributed by atoms with Crippen LogP contribution in [0.15, 0.2) is 70.7 Å². The number of hydrogen-bond acceptors (Lipinski definition) is 3. The minimum atomic E-state index is -0.498. The molecule has 2 amide bonds. The number of nitrogens with one attached hydrogen (secondary N) is 1. The Kier molecular flexibility index (Phi) is 4.48. The zero-order valence-corrected chi connectivity index (χ0v) is 15.3. The normalized spacial score (nSPS) is 15.5. The molecule has 1 N–H and O–H groups in total. The highest BCUT2D eigenvalue weighted by Crippen LogP contribution is 2.32. The van der Waals surface area contributed by atoms with E-state index in [9.17, 15) is 9.59 Å². The first kappa shape index (κ1) is 17.4. The summed E-state index contributed by atoms with van der Waals surface area (Å²) >= 11 is 12.2. The summed E-state index contributed by atoms with van der Waals surface area (Å²) in [5, 5.41) is 2.21. The van der Waals surface area contributed by atoms with Crippen molar-refractivity contribution in [1.29, 1.82) is 0 Å². The number of rotatable bonds is 3. The van der Waals surface area contributed by atoms with Gasteiger partial charge in [-0.05, 0) is 48.5 Å². The van der Waals surface area contributed by atoms with Crippen LogP contribution in [0.2, 0.25) is 10.0 Å². The van der Waals surface area contributed by atoms with Gasteiger partial charge in [0.25, 0.3) is 11.8 Å². The highest BCUT2D eigenvalue weighted by Gasteiger charge is 2.34. The van der Waals surface area contributed by atoms with E-state index in [4.69, 9.17) is 27.6 Å². The summed E-state index contributed by atoms with van der Waals surface area (Å²) in [6.45, 7) is 0. The maximum atomic E-state index is 12.6. The Balaban J connectivity index is 1.64. The Hall–Kier alpha value is -3.02. The van der Waals surface area contributed by atoms with Crippen LogP contribution in [0.3, 0.4) is 0 Å². The van der Waals surface area contributed by atoms with Gasteiger partial charge >= 0.3 is 0 Å². The molecule has 0 atom stereocenters. The highest BCUT2D eigenvalue weighted by atomic mass is 35.5. The van der Waals surface area contributed by atoms with Gasteiger partial charge < -0.3 is 4.42 Å². The molecule has 0 radical (unpaired) electrons.